The van der Waals surface area contributed by atoms with Crippen molar-refractivity contribution in [1.82, 2.24) is 19.8 Å². The second-order valence-corrected chi connectivity index (χ2v) is 9.21. The number of carbonyl (C=O) groups excluding carboxylic acids is 1. The van der Waals surface area contributed by atoms with Crippen LogP contribution in [0.1, 0.15) is 68.0 Å². The Kier molecular flexibility index (Phi) is 6.55. The van der Waals surface area contributed by atoms with E-state index in [1.165, 1.54) is 11.3 Å². The summed E-state index contributed by atoms with van der Waals surface area (Å²) in [5.41, 5.74) is 0.777. The Hall–Kier alpha value is -1.73. The van der Waals surface area contributed by atoms with Crippen LogP contribution in [0.2, 0.25) is 0 Å². The molecule has 1 amide bonds. The molecule has 7 heteroatoms. The highest BCUT2D eigenvalue weighted by atomic mass is 32.1. The summed E-state index contributed by atoms with van der Waals surface area (Å²) in [6.45, 7) is 12.7. The number of aryl methyl sites for hydroxylation is 2. The van der Waals surface area contributed by atoms with Crippen molar-refractivity contribution in [3.8, 4) is 0 Å². The van der Waals surface area contributed by atoms with Gasteiger partial charge in [0.15, 0.2) is 0 Å². The normalized spacial score (nSPS) is 14.7. The molecule has 1 aliphatic heterocycles. The quantitative estimate of drug-likeness (QED) is 0.802. The van der Waals surface area contributed by atoms with Crippen molar-refractivity contribution in [2.24, 2.45) is 0 Å². The minimum atomic E-state index is -0.104. The zero-order valence-electron chi connectivity index (χ0n) is 17.7. The van der Waals surface area contributed by atoms with E-state index in [1.54, 1.807) is 0 Å². The molecule has 0 fully saturated rings. The first kappa shape index (κ1) is 21.0. The lowest BCUT2D eigenvalue weighted by Crippen LogP contribution is -2.42. The Balaban J connectivity index is 1.82. The topological polar surface area (TPSA) is 67.2 Å². The Morgan fingerprint density at radius 3 is 2.61 bits per heavy atom. The van der Waals surface area contributed by atoms with Gasteiger partial charge in [-0.2, -0.15) is 0 Å². The van der Waals surface area contributed by atoms with Gasteiger partial charge in [0.05, 0.1) is 10.3 Å². The van der Waals surface area contributed by atoms with E-state index in [4.69, 9.17) is 4.98 Å². The second-order valence-electron chi connectivity index (χ2n) is 8.21. The molecule has 0 aromatic carbocycles. The van der Waals surface area contributed by atoms with E-state index in [1.807, 2.05) is 11.5 Å². The van der Waals surface area contributed by atoms with Gasteiger partial charge in [0, 0.05) is 38.1 Å². The molecule has 0 saturated carbocycles. The highest BCUT2D eigenvalue weighted by Crippen LogP contribution is 2.28. The van der Waals surface area contributed by atoms with Crippen LogP contribution in [0.5, 0.6) is 0 Å². The fourth-order valence-electron chi connectivity index (χ4n) is 4.12. The molecule has 1 aliphatic rings. The Bertz CT molecular complexity index is 905. The number of amides is 1. The first-order chi connectivity index (χ1) is 13.3. The second kappa shape index (κ2) is 8.74. The first-order valence-electron chi connectivity index (χ1n) is 10.4. The number of hydrogen-bond donors (Lipinski definition) is 1. The van der Waals surface area contributed by atoms with Crippen LogP contribution in [0.3, 0.4) is 0 Å². The van der Waals surface area contributed by atoms with Crippen molar-refractivity contribution in [3.63, 3.8) is 0 Å². The molecule has 3 heterocycles. The van der Waals surface area contributed by atoms with Crippen molar-refractivity contribution in [1.29, 1.82) is 0 Å². The average molecular weight is 405 g/mol. The molecule has 0 radical (unpaired) electrons. The van der Waals surface area contributed by atoms with Gasteiger partial charge in [-0.15, -0.1) is 11.3 Å². The van der Waals surface area contributed by atoms with Gasteiger partial charge in [-0.05, 0) is 53.0 Å². The number of aromatic nitrogens is 2. The Labute approximate surface area is 171 Å². The highest BCUT2D eigenvalue weighted by Gasteiger charge is 2.22. The van der Waals surface area contributed by atoms with Gasteiger partial charge in [-0.1, -0.05) is 6.42 Å². The Morgan fingerprint density at radius 1 is 1.21 bits per heavy atom. The van der Waals surface area contributed by atoms with Gasteiger partial charge < -0.3 is 5.32 Å². The molecule has 0 unspecified atom stereocenters. The fraction of sp³-hybridized carbons (Fsp3) is 0.667. The summed E-state index contributed by atoms with van der Waals surface area (Å²) in [4.78, 5) is 34.2. The van der Waals surface area contributed by atoms with Crippen LogP contribution >= 0.6 is 11.3 Å². The fourth-order valence-corrected chi connectivity index (χ4v) is 5.22. The summed E-state index contributed by atoms with van der Waals surface area (Å²) in [6, 6.07) is 0.866. The van der Waals surface area contributed by atoms with Gasteiger partial charge >= 0.3 is 0 Å². The lowest BCUT2D eigenvalue weighted by atomic mass is 10.2. The van der Waals surface area contributed by atoms with Gasteiger partial charge in [0.25, 0.3) is 11.5 Å². The summed E-state index contributed by atoms with van der Waals surface area (Å²) >= 11 is 1.35. The van der Waals surface area contributed by atoms with E-state index in [9.17, 15) is 9.59 Å². The summed E-state index contributed by atoms with van der Waals surface area (Å²) in [6.07, 6.45) is 4.05. The van der Waals surface area contributed by atoms with Crippen LogP contribution in [0.15, 0.2) is 4.79 Å². The number of fused-ring (bicyclic) bond motifs is 2. The maximum Gasteiger partial charge on any atom is 0.262 e. The third-order valence-corrected chi connectivity index (χ3v) is 6.78. The molecule has 2 aromatic rings. The van der Waals surface area contributed by atoms with Gasteiger partial charge in [-0.25, -0.2) is 4.98 Å². The van der Waals surface area contributed by atoms with Crippen molar-refractivity contribution in [2.75, 3.05) is 13.1 Å². The van der Waals surface area contributed by atoms with Crippen LogP contribution < -0.4 is 10.9 Å². The maximum absolute atomic E-state index is 13.0. The number of rotatable bonds is 6. The van der Waals surface area contributed by atoms with Crippen molar-refractivity contribution >= 4 is 27.5 Å². The summed E-state index contributed by atoms with van der Waals surface area (Å²) < 4.78 is 1.82. The molecule has 0 spiro atoms. The van der Waals surface area contributed by atoms with Gasteiger partial charge in [0.2, 0.25) is 0 Å². The van der Waals surface area contributed by atoms with E-state index in [0.29, 0.717) is 33.7 Å². The zero-order valence-corrected chi connectivity index (χ0v) is 18.5. The summed E-state index contributed by atoms with van der Waals surface area (Å²) in [7, 11) is 0. The third-order valence-electron chi connectivity index (χ3n) is 5.60. The van der Waals surface area contributed by atoms with E-state index >= 15 is 0 Å². The van der Waals surface area contributed by atoms with E-state index in [0.717, 1.165) is 50.2 Å². The largest absolute Gasteiger partial charge is 0.350 e. The van der Waals surface area contributed by atoms with Gasteiger partial charge in [-0.3, -0.25) is 19.1 Å². The molecular weight excluding hydrogens is 372 g/mol. The molecule has 2 aromatic heterocycles. The van der Waals surface area contributed by atoms with Crippen LogP contribution in [0.25, 0.3) is 10.2 Å². The van der Waals surface area contributed by atoms with E-state index in [-0.39, 0.29) is 11.5 Å². The minimum absolute atomic E-state index is 0.0143. The number of hydrogen-bond acceptors (Lipinski definition) is 5. The SMILES string of the molecule is Cc1c(C(=O)NCCN(C(C)C)C(C)C)sc2nc3n(c(=O)c12)CCCCC3. The molecule has 0 saturated heterocycles. The molecule has 0 bridgehead atoms. The smallest absolute Gasteiger partial charge is 0.262 e. The molecule has 1 N–H and O–H groups in total. The summed E-state index contributed by atoms with van der Waals surface area (Å²) in [5.74, 6) is 0.764. The monoisotopic (exact) mass is 404 g/mol. The number of nitrogens with one attached hydrogen (secondary N) is 1. The van der Waals surface area contributed by atoms with Gasteiger partial charge in [0.1, 0.15) is 10.7 Å². The Morgan fingerprint density at radius 2 is 1.93 bits per heavy atom. The highest BCUT2D eigenvalue weighted by molar-refractivity contribution is 7.20. The molecule has 0 aliphatic carbocycles. The van der Waals surface area contributed by atoms with E-state index in [2.05, 4.69) is 37.9 Å². The molecule has 6 nitrogen and oxygen atoms in total. The van der Waals surface area contributed by atoms with Crippen LogP contribution in [-0.4, -0.2) is 45.5 Å². The number of carbonyl (C=O) groups is 1. The predicted molar refractivity (Wildman–Crippen MR) is 115 cm³/mol. The molecule has 154 valence electrons. The van der Waals surface area contributed by atoms with E-state index < -0.39 is 0 Å². The first-order valence-corrected chi connectivity index (χ1v) is 11.2. The molecule has 28 heavy (non-hydrogen) atoms. The van der Waals surface area contributed by atoms with Crippen LogP contribution in [0.4, 0.5) is 0 Å². The van der Waals surface area contributed by atoms with Crippen LogP contribution in [0, 0.1) is 6.92 Å². The molecule has 0 atom stereocenters. The predicted octanol–water partition coefficient (Wildman–Crippen LogP) is 3.34. The lowest BCUT2D eigenvalue weighted by molar-refractivity contribution is 0.0943. The van der Waals surface area contributed by atoms with Crippen LogP contribution in [-0.2, 0) is 13.0 Å². The summed E-state index contributed by atoms with van der Waals surface area (Å²) in [5, 5.41) is 3.65. The van der Waals surface area contributed by atoms with Crippen molar-refractivity contribution in [3.05, 3.63) is 26.6 Å². The molecule has 3 rings (SSSR count). The number of nitrogens with zero attached hydrogens (tertiary/aromatic N) is 3. The number of thiophene rings is 1. The molecular formula is C21H32N4O2S. The minimum Gasteiger partial charge on any atom is -0.350 e. The average Bonchev–Trinajstić information content (AvgIpc) is 2.80. The zero-order chi connectivity index (χ0) is 20.4. The standard InChI is InChI=1S/C21H32N4O2S/c1-13(2)24(14(3)4)12-10-22-19(26)18-15(5)17-20(28-18)23-16-9-7-6-8-11-25(16)21(17)27/h13-14H,6-12H2,1-5H3,(H,22,26). The van der Waals surface area contributed by atoms with Crippen molar-refractivity contribution in [2.45, 2.75) is 78.9 Å². The third kappa shape index (κ3) is 4.15. The lowest BCUT2D eigenvalue weighted by Gasteiger charge is -2.30. The van der Waals surface area contributed by atoms with Crippen molar-refractivity contribution < 1.29 is 4.79 Å². The maximum atomic E-state index is 13.0.